The van der Waals surface area contributed by atoms with Crippen LogP contribution in [0.1, 0.15) is 128 Å². The Hall–Kier alpha value is -5.94. The summed E-state index contributed by atoms with van der Waals surface area (Å²) in [7, 11) is 0. The first-order chi connectivity index (χ1) is 30.4. The number of furan rings is 2. The molecule has 65 heavy (non-hydrogen) atoms. The fourth-order valence-corrected chi connectivity index (χ4v) is 10.6. The summed E-state index contributed by atoms with van der Waals surface area (Å²) in [5, 5.41) is 2.24. The van der Waals surface area contributed by atoms with Gasteiger partial charge in [0.05, 0.1) is 22.7 Å². The Kier molecular flexibility index (Phi) is 9.44. The number of aryl methyl sites for hydroxylation is 4. The lowest BCUT2D eigenvalue weighted by Crippen LogP contribution is -2.61. The second-order valence-electron chi connectivity index (χ2n) is 23.4. The van der Waals surface area contributed by atoms with Crippen LogP contribution in [0.25, 0.3) is 33.3 Å². The van der Waals surface area contributed by atoms with Crippen LogP contribution in [-0.4, -0.2) is 6.71 Å². The van der Waals surface area contributed by atoms with Gasteiger partial charge in [-0.1, -0.05) is 144 Å². The maximum atomic E-state index is 7.39. The number of anilines is 6. The maximum Gasteiger partial charge on any atom is 0.297 e. The first-order valence-electron chi connectivity index (χ1n) is 23.6. The SMILES string of the molecule is Cc1cc(C(C)(C)C)cc(C)c1N1c2cc(-c3cc4ccccc4o3)ccc2B2c3oc4ccc(C(C)(C)C)cc4c3N(c3c(C)cc(C(C)(C)C)cc3C)c3cc(C(C)(C)C)cc1c32. The average molecular weight is 857 g/mol. The van der Waals surface area contributed by atoms with Crippen LogP contribution in [0.4, 0.5) is 34.1 Å². The van der Waals surface area contributed by atoms with Crippen molar-refractivity contribution in [2.45, 2.75) is 132 Å². The van der Waals surface area contributed by atoms with E-state index in [0.717, 1.165) is 50.3 Å². The molecule has 0 N–H and O–H groups in total. The first-order valence-corrected chi connectivity index (χ1v) is 23.6. The molecule has 0 spiro atoms. The van der Waals surface area contributed by atoms with E-state index in [-0.39, 0.29) is 28.4 Å². The summed E-state index contributed by atoms with van der Waals surface area (Å²) in [5.74, 6) is 0.860. The summed E-state index contributed by atoms with van der Waals surface area (Å²) in [6, 6.07) is 39.0. The highest BCUT2D eigenvalue weighted by molar-refractivity contribution is 7.00. The lowest BCUT2D eigenvalue weighted by atomic mass is 9.35. The molecule has 2 aromatic heterocycles. The lowest BCUT2D eigenvalue weighted by molar-refractivity contribution is 0.589. The van der Waals surface area contributed by atoms with Crippen molar-refractivity contribution in [3.63, 3.8) is 0 Å². The summed E-state index contributed by atoms with van der Waals surface area (Å²) in [5.41, 5.74) is 23.5. The Morgan fingerprint density at radius 1 is 0.431 bits per heavy atom. The summed E-state index contributed by atoms with van der Waals surface area (Å²) >= 11 is 0. The Bertz CT molecular complexity index is 3180. The topological polar surface area (TPSA) is 32.8 Å². The van der Waals surface area contributed by atoms with Crippen LogP contribution in [0.3, 0.4) is 0 Å². The third-order valence-corrected chi connectivity index (χ3v) is 14.3. The van der Waals surface area contributed by atoms with Gasteiger partial charge in [-0.2, -0.15) is 0 Å². The van der Waals surface area contributed by atoms with E-state index in [4.69, 9.17) is 8.83 Å². The smallest absolute Gasteiger partial charge is 0.297 e. The molecule has 2 aliphatic heterocycles. The van der Waals surface area contributed by atoms with Gasteiger partial charge in [-0.3, -0.25) is 0 Å². The van der Waals surface area contributed by atoms with Crippen molar-refractivity contribution < 1.29 is 8.83 Å². The summed E-state index contributed by atoms with van der Waals surface area (Å²) in [6.45, 7) is 36.9. The van der Waals surface area contributed by atoms with E-state index >= 15 is 0 Å². The average Bonchev–Trinajstić information content (AvgIpc) is 3.82. The molecule has 8 aromatic rings. The van der Waals surface area contributed by atoms with Gasteiger partial charge >= 0.3 is 0 Å². The fraction of sp³-hybridized carbons (Fsp3) is 0.333. The number of para-hydroxylation sites is 1. The predicted molar refractivity (Wildman–Crippen MR) is 279 cm³/mol. The highest BCUT2D eigenvalue weighted by Gasteiger charge is 2.48. The van der Waals surface area contributed by atoms with Gasteiger partial charge in [-0.25, -0.2) is 0 Å². The summed E-state index contributed by atoms with van der Waals surface area (Å²) < 4.78 is 14.0. The molecule has 4 heterocycles. The molecule has 2 aliphatic rings. The molecule has 4 nitrogen and oxygen atoms in total. The normalized spacial score (nSPS) is 14.1. The second kappa shape index (κ2) is 14.3. The van der Waals surface area contributed by atoms with Crippen LogP contribution >= 0.6 is 0 Å². The van der Waals surface area contributed by atoms with Gasteiger partial charge in [0.1, 0.15) is 16.9 Å². The molecule has 0 saturated heterocycles. The molecule has 0 bridgehead atoms. The zero-order chi connectivity index (χ0) is 46.4. The van der Waals surface area contributed by atoms with E-state index in [1.54, 1.807) is 0 Å². The molecule has 6 aromatic carbocycles. The van der Waals surface area contributed by atoms with Crippen LogP contribution in [0.15, 0.2) is 112 Å². The van der Waals surface area contributed by atoms with Crippen LogP contribution < -0.4 is 26.4 Å². The van der Waals surface area contributed by atoms with Crippen LogP contribution in [0.2, 0.25) is 0 Å². The van der Waals surface area contributed by atoms with Crippen molar-refractivity contribution in [2.75, 3.05) is 9.80 Å². The number of fused-ring (bicyclic) bond motifs is 7. The number of hydrogen-bond donors (Lipinski definition) is 0. The van der Waals surface area contributed by atoms with E-state index in [1.807, 2.05) is 6.07 Å². The standard InChI is InChI=1S/C60H65BN2O2/c1-34-25-41(58(8,9)10)26-35(2)53(34)62-46-29-39(51-30-38-19-17-18-20-49(38)64-51)21-23-45(46)61-52-47(62)32-43(60(14,15)16)33-48(52)63(54-36(3)27-42(28-37(54)4)59(11,12)13)55-44-31-40(57(5,6)7)22-24-50(44)65-56(55)61/h17-33H,1-16H3. The minimum atomic E-state index is -0.175. The lowest BCUT2D eigenvalue weighted by Gasteiger charge is -2.45. The quantitative estimate of drug-likeness (QED) is 0.166. The first kappa shape index (κ1) is 43.0. The van der Waals surface area contributed by atoms with Crippen molar-refractivity contribution in [2.24, 2.45) is 0 Å². The van der Waals surface area contributed by atoms with Gasteiger partial charge in [0.25, 0.3) is 6.71 Å². The third kappa shape index (κ3) is 6.86. The van der Waals surface area contributed by atoms with Crippen molar-refractivity contribution in [3.05, 3.63) is 148 Å². The second-order valence-corrected chi connectivity index (χ2v) is 23.4. The van der Waals surface area contributed by atoms with E-state index in [2.05, 4.69) is 218 Å². The van der Waals surface area contributed by atoms with Gasteiger partial charge in [-0.05, 0) is 147 Å². The molecule has 10 rings (SSSR count). The summed E-state index contributed by atoms with van der Waals surface area (Å²) in [6.07, 6.45) is 0. The van der Waals surface area contributed by atoms with E-state index < -0.39 is 0 Å². The molecule has 330 valence electrons. The Labute approximate surface area is 387 Å². The van der Waals surface area contributed by atoms with Crippen LogP contribution in [0.5, 0.6) is 0 Å². The number of hydrogen-bond acceptors (Lipinski definition) is 4. The molecule has 0 atom stereocenters. The molecular formula is C60H65BN2O2. The van der Waals surface area contributed by atoms with Gasteiger partial charge in [0.15, 0.2) is 0 Å². The van der Waals surface area contributed by atoms with Crippen molar-refractivity contribution in [1.29, 1.82) is 0 Å². The van der Waals surface area contributed by atoms with Gasteiger partial charge in [0, 0.05) is 33.4 Å². The fourth-order valence-electron chi connectivity index (χ4n) is 10.6. The Balaban J connectivity index is 1.36. The third-order valence-electron chi connectivity index (χ3n) is 14.3. The van der Waals surface area contributed by atoms with E-state index in [0.29, 0.717) is 0 Å². The highest BCUT2D eigenvalue weighted by Crippen LogP contribution is 2.52. The highest BCUT2D eigenvalue weighted by atomic mass is 16.3. The molecule has 0 radical (unpaired) electrons. The maximum absolute atomic E-state index is 7.39. The zero-order valence-electron chi connectivity index (χ0n) is 41.6. The zero-order valence-corrected chi connectivity index (χ0v) is 41.6. The van der Waals surface area contributed by atoms with Crippen LogP contribution in [0, 0.1) is 27.7 Å². The van der Waals surface area contributed by atoms with Crippen molar-refractivity contribution in [3.8, 4) is 11.3 Å². The van der Waals surface area contributed by atoms with Gasteiger partial charge in [0.2, 0.25) is 0 Å². The van der Waals surface area contributed by atoms with Crippen molar-refractivity contribution in [1.82, 2.24) is 0 Å². The van der Waals surface area contributed by atoms with Gasteiger partial charge < -0.3 is 18.6 Å². The Morgan fingerprint density at radius 2 is 0.954 bits per heavy atom. The number of nitrogens with zero attached hydrogens (tertiary/aromatic N) is 2. The number of benzene rings is 6. The minimum absolute atomic E-state index is 0.00202. The molecule has 0 unspecified atom stereocenters. The molecule has 0 fully saturated rings. The van der Waals surface area contributed by atoms with E-state index in [1.165, 1.54) is 78.2 Å². The van der Waals surface area contributed by atoms with Crippen molar-refractivity contribution >= 4 is 79.4 Å². The molecular weight excluding hydrogens is 791 g/mol. The Morgan fingerprint density at radius 3 is 1.51 bits per heavy atom. The summed E-state index contributed by atoms with van der Waals surface area (Å²) in [4.78, 5) is 5.19. The molecule has 0 saturated carbocycles. The largest absolute Gasteiger partial charge is 0.468 e. The van der Waals surface area contributed by atoms with Gasteiger partial charge in [-0.15, -0.1) is 0 Å². The molecule has 5 heteroatoms. The molecule has 0 amide bonds. The van der Waals surface area contributed by atoms with Crippen LogP contribution in [-0.2, 0) is 21.7 Å². The van der Waals surface area contributed by atoms with E-state index in [9.17, 15) is 0 Å². The molecule has 0 aliphatic carbocycles. The minimum Gasteiger partial charge on any atom is -0.468 e. The monoisotopic (exact) mass is 857 g/mol. The predicted octanol–water partition coefficient (Wildman–Crippen LogP) is 15.4. The number of rotatable bonds is 3.